The quantitative estimate of drug-likeness (QED) is 0.275. The minimum absolute atomic E-state index is 0.282. The predicted molar refractivity (Wildman–Crippen MR) is 135 cm³/mol. The molecule has 1 heterocycles. The summed E-state index contributed by atoms with van der Waals surface area (Å²) in [6.45, 7) is 10.4. The number of aromatic nitrogens is 1. The number of nitrogens with zero attached hydrogens (tertiary/aromatic N) is 2. The van der Waals surface area contributed by atoms with E-state index in [0.29, 0.717) is 17.3 Å². The van der Waals surface area contributed by atoms with E-state index in [1.165, 1.54) is 25.7 Å². The topological polar surface area (TPSA) is 34.5 Å². The van der Waals surface area contributed by atoms with E-state index in [0.717, 1.165) is 48.2 Å². The van der Waals surface area contributed by atoms with E-state index in [1.54, 1.807) is 0 Å². The maximum absolute atomic E-state index is 13.1. The molecular weight excluding hydrogens is 420 g/mol. The Balaban J connectivity index is 2.11. The number of benzene rings is 2. The van der Waals surface area contributed by atoms with Crippen LogP contribution in [0.4, 0.5) is 0 Å². The van der Waals surface area contributed by atoms with Gasteiger partial charge in [-0.3, -0.25) is 0 Å². The number of halogens is 1. The number of fused-ring (bicyclic) bond motifs is 1. The number of esters is 1. The maximum Gasteiger partial charge on any atom is 0.355 e. The monoisotopic (exact) mass is 454 g/mol. The Hall–Kier alpha value is -2.30. The molecule has 3 rings (SSSR count). The predicted octanol–water partition coefficient (Wildman–Crippen LogP) is 7.04. The van der Waals surface area contributed by atoms with Crippen molar-refractivity contribution in [3.8, 4) is 11.3 Å². The summed E-state index contributed by atoms with van der Waals surface area (Å²) in [6.07, 6.45) is 4.72. The highest BCUT2D eigenvalue weighted by Crippen LogP contribution is 2.36. The fraction of sp³-hybridized carbons (Fsp3) is 0.444. The fourth-order valence-corrected chi connectivity index (χ4v) is 4.38. The summed E-state index contributed by atoms with van der Waals surface area (Å²) in [5.74, 6) is -0.282. The zero-order valence-electron chi connectivity index (χ0n) is 19.6. The molecule has 0 bridgehead atoms. The Morgan fingerprint density at radius 2 is 1.62 bits per heavy atom. The number of carbonyl (C=O) groups excluding carboxylic acids is 1. The van der Waals surface area contributed by atoms with Gasteiger partial charge in [0.05, 0.1) is 12.3 Å². The maximum atomic E-state index is 13.1. The van der Waals surface area contributed by atoms with Gasteiger partial charge >= 0.3 is 5.97 Å². The smallest absolute Gasteiger partial charge is 0.355 e. The fourth-order valence-electron chi connectivity index (χ4n) is 4.21. The first-order chi connectivity index (χ1) is 15.6. The van der Waals surface area contributed by atoms with E-state index < -0.39 is 0 Å². The molecule has 172 valence electrons. The molecule has 0 aliphatic heterocycles. The van der Waals surface area contributed by atoms with Gasteiger partial charge in [0.25, 0.3) is 0 Å². The van der Waals surface area contributed by atoms with Crippen molar-refractivity contribution in [1.82, 2.24) is 9.47 Å². The summed E-state index contributed by atoms with van der Waals surface area (Å²) in [4.78, 5) is 15.6. The summed E-state index contributed by atoms with van der Waals surface area (Å²) in [7, 11) is 0. The number of unbranched alkanes of at least 4 members (excludes halogenated alkanes) is 2. The zero-order valence-corrected chi connectivity index (χ0v) is 20.3. The molecule has 0 N–H and O–H groups in total. The molecule has 4 nitrogen and oxygen atoms in total. The molecular formula is C27H35ClN2O2. The molecule has 0 amide bonds. The third-order valence-electron chi connectivity index (χ3n) is 5.84. The number of carbonyl (C=O) groups is 1. The lowest BCUT2D eigenvalue weighted by Crippen LogP contribution is -2.30. The molecule has 0 unspecified atom stereocenters. The molecule has 0 spiro atoms. The van der Waals surface area contributed by atoms with Crippen LogP contribution < -0.4 is 0 Å². The van der Waals surface area contributed by atoms with Crippen LogP contribution in [-0.2, 0) is 11.3 Å². The second-order valence-electron chi connectivity index (χ2n) is 8.17. The van der Waals surface area contributed by atoms with Gasteiger partial charge in [-0.15, -0.1) is 0 Å². The Morgan fingerprint density at radius 1 is 0.938 bits per heavy atom. The summed E-state index contributed by atoms with van der Waals surface area (Å²) in [5, 5.41) is 2.54. The molecule has 0 radical (unpaired) electrons. The lowest BCUT2D eigenvalue weighted by atomic mass is 10.1. The molecule has 5 heteroatoms. The van der Waals surface area contributed by atoms with Gasteiger partial charge in [-0.1, -0.05) is 74.7 Å². The molecule has 0 atom stereocenters. The Labute approximate surface area is 197 Å². The lowest BCUT2D eigenvalue weighted by molar-refractivity contribution is 0.0515. The number of hydrogen-bond donors (Lipinski definition) is 0. The van der Waals surface area contributed by atoms with Crippen molar-refractivity contribution < 1.29 is 9.53 Å². The standard InChI is InChI=1S/C27H35ClN2O2/c1-4-7-16-29(17-8-5-2)18-19-30-25(21-12-10-9-11-13-21)24-20-22(28)14-15-23(24)26(30)27(31)32-6-3/h9-15,20H,4-8,16-19H2,1-3H3. The van der Waals surface area contributed by atoms with Gasteiger partial charge < -0.3 is 14.2 Å². The van der Waals surface area contributed by atoms with Gasteiger partial charge in [0.2, 0.25) is 0 Å². The molecule has 0 aliphatic rings. The van der Waals surface area contributed by atoms with Crippen molar-refractivity contribution in [3.05, 3.63) is 59.2 Å². The Bertz CT molecular complexity index is 1010. The van der Waals surface area contributed by atoms with Crippen LogP contribution in [-0.4, -0.2) is 41.7 Å². The zero-order chi connectivity index (χ0) is 22.9. The van der Waals surface area contributed by atoms with Gasteiger partial charge in [0.15, 0.2) is 0 Å². The first kappa shape index (κ1) is 24.3. The second kappa shape index (κ2) is 12.1. The van der Waals surface area contributed by atoms with E-state index in [2.05, 4.69) is 35.4 Å². The minimum Gasteiger partial charge on any atom is -0.461 e. The van der Waals surface area contributed by atoms with Gasteiger partial charge in [0, 0.05) is 28.9 Å². The van der Waals surface area contributed by atoms with E-state index in [9.17, 15) is 4.79 Å². The normalized spacial score (nSPS) is 11.4. The molecule has 1 aromatic heterocycles. The van der Waals surface area contributed by atoms with Crippen LogP contribution in [0.2, 0.25) is 5.02 Å². The minimum atomic E-state index is -0.282. The van der Waals surface area contributed by atoms with E-state index in [-0.39, 0.29) is 5.97 Å². The largest absolute Gasteiger partial charge is 0.461 e. The number of hydrogen-bond acceptors (Lipinski definition) is 3. The third kappa shape index (κ3) is 5.73. The summed E-state index contributed by atoms with van der Waals surface area (Å²) >= 11 is 6.39. The molecule has 0 saturated heterocycles. The highest BCUT2D eigenvalue weighted by molar-refractivity contribution is 6.31. The first-order valence-electron chi connectivity index (χ1n) is 11.9. The van der Waals surface area contributed by atoms with Crippen molar-refractivity contribution in [2.45, 2.75) is 53.0 Å². The first-order valence-corrected chi connectivity index (χ1v) is 12.2. The highest BCUT2D eigenvalue weighted by atomic mass is 35.5. The average Bonchev–Trinajstić information content (AvgIpc) is 3.12. The van der Waals surface area contributed by atoms with Crippen molar-refractivity contribution in [3.63, 3.8) is 0 Å². The van der Waals surface area contributed by atoms with Crippen molar-refractivity contribution >= 4 is 28.3 Å². The molecule has 0 saturated carbocycles. The van der Waals surface area contributed by atoms with Crippen LogP contribution in [0.3, 0.4) is 0 Å². The van der Waals surface area contributed by atoms with Crippen LogP contribution in [0.1, 0.15) is 56.9 Å². The molecule has 32 heavy (non-hydrogen) atoms. The molecule has 0 aliphatic carbocycles. The van der Waals surface area contributed by atoms with Gasteiger partial charge in [-0.25, -0.2) is 4.79 Å². The summed E-state index contributed by atoms with van der Waals surface area (Å²) in [5.41, 5.74) is 2.71. The molecule has 0 fully saturated rings. The van der Waals surface area contributed by atoms with E-state index >= 15 is 0 Å². The Morgan fingerprint density at radius 3 is 2.25 bits per heavy atom. The van der Waals surface area contributed by atoms with Crippen LogP contribution in [0.5, 0.6) is 0 Å². The van der Waals surface area contributed by atoms with Gasteiger partial charge in [0.1, 0.15) is 5.69 Å². The molecule has 3 aromatic rings. The van der Waals surface area contributed by atoms with Crippen molar-refractivity contribution in [2.24, 2.45) is 0 Å². The summed E-state index contributed by atoms with van der Waals surface area (Å²) in [6, 6.07) is 16.0. The van der Waals surface area contributed by atoms with Crippen molar-refractivity contribution in [2.75, 3.05) is 26.2 Å². The Kier molecular flexibility index (Phi) is 9.19. The van der Waals surface area contributed by atoms with Gasteiger partial charge in [-0.2, -0.15) is 0 Å². The van der Waals surface area contributed by atoms with Crippen LogP contribution in [0.25, 0.3) is 22.0 Å². The lowest BCUT2D eigenvalue weighted by Gasteiger charge is -2.23. The van der Waals surface area contributed by atoms with E-state index in [1.807, 2.05) is 43.3 Å². The third-order valence-corrected chi connectivity index (χ3v) is 6.08. The molecule has 2 aromatic carbocycles. The van der Waals surface area contributed by atoms with Crippen LogP contribution in [0.15, 0.2) is 48.5 Å². The summed E-state index contributed by atoms with van der Waals surface area (Å²) < 4.78 is 7.64. The average molecular weight is 455 g/mol. The second-order valence-corrected chi connectivity index (χ2v) is 8.61. The van der Waals surface area contributed by atoms with Crippen LogP contribution in [0, 0.1) is 0 Å². The van der Waals surface area contributed by atoms with Crippen molar-refractivity contribution in [1.29, 1.82) is 0 Å². The van der Waals surface area contributed by atoms with E-state index in [4.69, 9.17) is 16.3 Å². The SMILES string of the molecule is CCCCN(CCCC)CCn1c(C(=O)OCC)c2ccc(Cl)cc2c1-c1ccccc1. The highest BCUT2D eigenvalue weighted by Gasteiger charge is 2.24. The number of rotatable bonds is 12. The van der Waals surface area contributed by atoms with Gasteiger partial charge in [-0.05, 0) is 50.6 Å². The number of ether oxygens (including phenoxy) is 1. The van der Waals surface area contributed by atoms with Crippen LogP contribution >= 0.6 is 11.6 Å².